The van der Waals surface area contributed by atoms with E-state index in [1.165, 1.54) is 4.88 Å². The summed E-state index contributed by atoms with van der Waals surface area (Å²) in [5.74, 6) is 0.258. The van der Waals surface area contributed by atoms with Gasteiger partial charge in [0.15, 0.2) is 0 Å². The van der Waals surface area contributed by atoms with Crippen LogP contribution in [0.2, 0.25) is 0 Å². The smallest absolute Gasteiger partial charge is 0.258 e. The quantitative estimate of drug-likeness (QED) is 0.345. The summed E-state index contributed by atoms with van der Waals surface area (Å²) in [4.78, 5) is 27.7. The molecule has 0 radical (unpaired) electrons. The molecule has 0 aliphatic heterocycles. The van der Waals surface area contributed by atoms with Gasteiger partial charge in [0.1, 0.15) is 5.00 Å². The molecule has 0 fully saturated rings. The molecular formula is C30H37N3O2S. The van der Waals surface area contributed by atoms with Crippen molar-refractivity contribution in [1.82, 2.24) is 5.32 Å². The Kier molecular flexibility index (Phi) is 7.96. The fourth-order valence-corrected chi connectivity index (χ4v) is 6.22. The van der Waals surface area contributed by atoms with E-state index in [0.29, 0.717) is 23.0 Å². The highest BCUT2D eigenvalue weighted by Gasteiger charge is 2.34. The molecule has 0 saturated carbocycles. The van der Waals surface area contributed by atoms with Gasteiger partial charge in [0, 0.05) is 17.1 Å². The molecule has 1 aliphatic carbocycles. The molecule has 1 heterocycles. The zero-order valence-electron chi connectivity index (χ0n) is 22.0. The van der Waals surface area contributed by atoms with Crippen LogP contribution in [0.1, 0.15) is 64.7 Å². The van der Waals surface area contributed by atoms with E-state index in [1.54, 1.807) is 11.3 Å². The van der Waals surface area contributed by atoms with Crippen molar-refractivity contribution in [3.05, 3.63) is 81.2 Å². The molecule has 1 atom stereocenters. The van der Waals surface area contributed by atoms with Gasteiger partial charge >= 0.3 is 0 Å². The zero-order chi connectivity index (χ0) is 25.9. The minimum absolute atomic E-state index is 0.141. The Morgan fingerprint density at radius 1 is 1.03 bits per heavy atom. The van der Waals surface area contributed by atoms with Gasteiger partial charge in [-0.15, -0.1) is 11.3 Å². The van der Waals surface area contributed by atoms with Crippen LogP contribution in [0, 0.1) is 25.2 Å². The summed E-state index contributed by atoms with van der Waals surface area (Å²) < 4.78 is 0. The van der Waals surface area contributed by atoms with Crippen molar-refractivity contribution in [3.8, 4) is 0 Å². The number of benzene rings is 2. The van der Waals surface area contributed by atoms with Crippen LogP contribution in [0.25, 0.3) is 0 Å². The summed E-state index contributed by atoms with van der Waals surface area (Å²) >= 11 is 1.56. The van der Waals surface area contributed by atoms with Crippen molar-refractivity contribution < 1.29 is 9.59 Å². The Morgan fingerprint density at radius 2 is 1.78 bits per heavy atom. The van der Waals surface area contributed by atoms with Crippen molar-refractivity contribution in [3.63, 3.8) is 0 Å². The molecule has 1 aromatic heterocycles. The minimum Gasteiger partial charge on any atom is -0.322 e. The molecule has 2 amide bonds. The molecule has 2 aromatic carbocycles. The van der Waals surface area contributed by atoms with Gasteiger partial charge in [-0.3, -0.25) is 9.59 Å². The normalized spacial score (nSPS) is 15.3. The Labute approximate surface area is 218 Å². The van der Waals surface area contributed by atoms with Crippen LogP contribution in [0.4, 0.5) is 10.7 Å². The number of anilines is 2. The zero-order valence-corrected chi connectivity index (χ0v) is 22.8. The molecule has 3 aromatic rings. The van der Waals surface area contributed by atoms with Crippen molar-refractivity contribution in [1.29, 1.82) is 0 Å². The maximum absolute atomic E-state index is 13.6. The van der Waals surface area contributed by atoms with E-state index >= 15 is 0 Å². The topological polar surface area (TPSA) is 70.2 Å². The fraction of sp³-hybridized carbons (Fsp3) is 0.400. The highest BCUT2D eigenvalue weighted by atomic mass is 32.1. The summed E-state index contributed by atoms with van der Waals surface area (Å²) in [6.07, 6.45) is 2.84. The molecular weight excluding hydrogens is 466 g/mol. The Hall–Kier alpha value is -2.96. The van der Waals surface area contributed by atoms with Gasteiger partial charge in [-0.25, -0.2) is 0 Å². The van der Waals surface area contributed by atoms with Gasteiger partial charge in [-0.1, -0.05) is 68.8 Å². The molecule has 6 heteroatoms. The number of hydrogen-bond donors (Lipinski definition) is 3. The number of aryl methyl sites for hydroxylation is 2. The SMILES string of the molecule is Cc1ccc(NC(=O)c2c(NC(=O)CNCc3ccccc3)sc3c2CC[C@H](C(C)(C)C)C3)c(C)c1. The maximum Gasteiger partial charge on any atom is 0.258 e. The minimum atomic E-state index is -0.152. The van der Waals surface area contributed by atoms with Crippen LogP contribution in [-0.4, -0.2) is 18.4 Å². The predicted octanol–water partition coefficient (Wildman–Crippen LogP) is 6.50. The van der Waals surface area contributed by atoms with E-state index < -0.39 is 0 Å². The van der Waals surface area contributed by atoms with Crippen LogP contribution >= 0.6 is 11.3 Å². The fourth-order valence-electron chi connectivity index (χ4n) is 4.88. The predicted molar refractivity (Wildman–Crippen MR) is 150 cm³/mol. The van der Waals surface area contributed by atoms with E-state index in [1.807, 2.05) is 56.3 Å². The van der Waals surface area contributed by atoms with Gasteiger partial charge < -0.3 is 16.0 Å². The highest BCUT2D eigenvalue weighted by Crippen LogP contribution is 2.44. The molecule has 3 N–H and O–H groups in total. The highest BCUT2D eigenvalue weighted by molar-refractivity contribution is 7.17. The summed E-state index contributed by atoms with van der Waals surface area (Å²) in [6.45, 7) is 11.7. The van der Waals surface area contributed by atoms with Crippen LogP contribution in [0.15, 0.2) is 48.5 Å². The molecule has 0 saturated heterocycles. The second-order valence-corrected chi connectivity index (χ2v) is 12.0. The van der Waals surface area contributed by atoms with Gasteiger partial charge in [0.05, 0.1) is 12.1 Å². The standard InChI is InChI=1S/C30H37N3O2S/c1-19-11-14-24(20(2)15-19)32-28(35)27-23-13-12-22(30(3,4)5)16-25(23)36-29(27)33-26(34)18-31-17-21-9-7-6-8-10-21/h6-11,14-15,22,31H,12-13,16-18H2,1-5H3,(H,32,35)(H,33,34)/t22-/m0/s1. The van der Waals surface area contributed by atoms with E-state index in [2.05, 4.69) is 42.8 Å². The van der Waals surface area contributed by atoms with Crippen molar-refractivity contribution in [2.24, 2.45) is 11.3 Å². The molecule has 0 unspecified atom stereocenters. The lowest BCUT2D eigenvalue weighted by molar-refractivity contribution is -0.115. The van der Waals surface area contributed by atoms with Gasteiger partial charge in [-0.05, 0) is 67.2 Å². The first-order valence-electron chi connectivity index (χ1n) is 12.7. The number of rotatable bonds is 7. The first-order chi connectivity index (χ1) is 17.1. The number of carbonyl (C=O) groups excluding carboxylic acids is 2. The number of carbonyl (C=O) groups is 2. The Bertz CT molecular complexity index is 1240. The number of amides is 2. The maximum atomic E-state index is 13.6. The summed E-state index contributed by atoms with van der Waals surface area (Å²) in [5.41, 5.74) is 6.02. The lowest BCUT2D eigenvalue weighted by Gasteiger charge is -2.33. The Morgan fingerprint density at radius 3 is 2.47 bits per heavy atom. The second kappa shape index (κ2) is 11.0. The van der Waals surface area contributed by atoms with Crippen LogP contribution in [0.5, 0.6) is 0 Å². The van der Waals surface area contributed by atoms with Crippen LogP contribution in [-0.2, 0) is 24.2 Å². The molecule has 5 nitrogen and oxygen atoms in total. The third-order valence-electron chi connectivity index (χ3n) is 7.06. The van der Waals surface area contributed by atoms with Gasteiger partial charge in [0.2, 0.25) is 5.91 Å². The molecule has 4 rings (SSSR count). The first-order valence-corrected chi connectivity index (χ1v) is 13.5. The van der Waals surface area contributed by atoms with Crippen LogP contribution < -0.4 is 16.0 Å². The van der Waals surface area contributed by atoms with Crippen LogP contribution in [0.3, 0.4) is 0 Å². The van der Waals surface area contributed by atoms with Crippen molar-refractivity contribution in [2.45, 2.75) is 60.4 Å². The summed E-state index contributed by atoms with van der Waals surface area (Å²) in [6, 6.07) is 16.0. The number of hydrogen-bond acceptors (Lipinski definition) is 4. The van der Waals surface area contributed by atoms with E-state index in [-0.39, 0.29) is 23.8 Å². The number of nitrogens with one attached hydrogen (secondary N) is 3. The molecule has 0 bridgehead atoms. The van der Waals surface area contributed by atoms with Crippen molar-refractivity contribution >= 4 is 33.8 Å². The molecule has 36 heavy (non-hydrogen) atoms. The lowest BCUT2D eigenvalue weighted by Crippen LogP contribution is -2.28. The third-order valence-corrected chi connectivity index (χ3v) is 8.23. The first kappa shape index (κ1) is 26.1. The molecule has 0 spiro atoms. The lowest BCUT2D eigenvalue weighted by atomic mass is 9.72. The van der Waals surface area contributed by atoms with Gasteiger partial charge in [-0.2, -0.15) is 0 Å². The Balaban J connectivity index is 1.55. The molecule has 190 valence electrons. The molecule has 1 aliphatic rings. The second-order valence-electron chi connectivity index (χ2n) is 10.9. The van der Waals surface area contributed by atoms with E-state index in [9.17, 15) is 9.59 Å². The van der Waals surface area contributed by atoms with E-state index in [0.717, 1.165) is 47.2 Å². The average Bonchev–Trinajstić information content (AvgIpc) is 3.18. The number of thiophene rings is 1. The monoisotopic (exact) mass is 503 g/mol. The third kappa shape index (κ3) is 6.23. The van der Waals surface area contributed by atoms with Crippen molar-refractivity contribution in [2.75, 3.05) is 17.2 Å². The summed E-state index contributed by atoms with van der Waals surface area (Å²) in [7, 11) is 0. The summed E-state index contributed by atoms with van der Waals surface area (Å²) in [5, 5.41) is 10.0. The number of fused-ring (bicyclic) bond motifs is 1. The van der Waals surface area contributed by atoms with Gasteiger partial charge in [0.25, 0.3) is 5.91 Å². The van der Waals surface area contributed by atoms with E-state index in [4.69, 9.17) is 0 Å². The average molecular weight is 504 g/mol. The largest absolute Gasteiger partial charge is 0.322 e.